The second-order valence-electron chi connectivity index (χ2n) is 19.7. The molecule has 67 heavy (non-hydrogen) atoms. The molecule has 17 heteroatoms. The molecule has 2 saturated carbocycles. The van der Waals surface area contributed by atoms with E-state index in [2.05, 4.69) is 22.5 Å². The van der Waals surface area contributed by atoms with Gasteiger partial charge in [0.15, 0.2) is 22.6 Å². The van der Waals surface area contributed by atoms with Gasteiger partial charge in [-0.1, -0.05) is 81.0 Å². The summed E-state index contributed by atoms with van der Waals surface area (Å²) in [6.07, 6.45) is 1.42. The average Bonchev–Trinajstić information content (AvgIpc) is 3.45. The number of ether oxygens (including phenoxy) is 6. The Hall–Kier alpha value is -4.62. The first-order valence-electron chi connectivity index (χ1n) is 23.6. The highest BCUT2D eigenvalue weighted by Crippen LogP contribution is 2.74. The molecule has 0 radical (unpaired) electrons. The molecule has 2 aromatic carbocycles. The van der Waals surface area contributed by atoms with Gasteiger partial charge in [-0.2, -0.15) is 11.8 Å². The van der Waals surface area contributed by atoms with Crippen LogP contribution in [-0.2, 0) is 48.8 Å². The predicted molar refractivity (Wildman–Crippen MR) is 241 cm³/mol. The van der Waals surface area contributed by atoms with E-state index in [-0.39, 0.29) is 36.0 Å². The van der Waals surface area contributed by atoms with Crippen molar-refractivity contribution >= 4 is 41.4 Å². The Balaban J connectivity index is 0.831. The minimum atomic E-state index is -2.53. The number of aliphatic hydroxyl groups is 2. The van der Waals surface area contributed by atoms with E-state index in [1.54, 1.807) is 74.5 Å². The number of urea groups is 1. The maximum atomic E-state index is 14.4. The van der Waals surface area contributed by atoms with Crippen LogP contribution in [0, 0.1) is 17.8 Å². The molecule has 5 aliphatic heterocycles. The van der Waals surface area contributed by atoms with Gasteiger partial charge in [-0.3, -0.25) is 14.4 Å². The number of hydrogen-bond acceptors (Lipinski definition) is 14. The molecule has 0 aromatic heterocycles. The number of benzene rings is 2. The van der Waals surface area contributed by atoms with Crippen molar-refractivity contribution in [2.24, 2.45) is 17.8 Å². The summed E-state index contributed by atoms with van der Waals surface area (Å²) in [7, 11) is 0. The standard InChI is InChI=1S/C50H59N3O13S/c1-27(2)48-40(62-43(57)30-16-8-5-9-17-30)29(4)49-34-24-28(3)39(56)47(34,60)44(58)46(41(63-46)37(49)42(48)64-50(65-48,66-49)31-18-10-6-11-19-31)26-61-36(55)22-12-7-15-23-51-35(54)21-14-13-20-33-38-32(25-67-33)52-45(59)53-38/h5-6,8-11,16-19,24,29,32-34,37-38,40-42,44,58,60H,1,7,12-15,20-23,25-26H2,2-4H3,(H,51,54)(H2,52,53,59)/t29-,32+,33+,34-,37+,38+,40-,41+,42-,44-,46+,47-,48+,49+,50?/m1/s1. The zero-order valence-corrected chi connectivity index (χ0v) is 38.7. The van der Waals surface area contributed by atoms with E-state index < -0.39 is 94.9 Å². The maximum absolute atomic E-state index is 14.4. The number of hydrogen-bond donors (Lipinski definition) is 5. The molecular weight excluding hydrogens is 883 g/mol. The first kappa shape index (κ1) is 46.1. The molecular formula is C50H59N3O13S. The van der Waals surface area contributed by atoms with Crippen LogP contribution in [0.3, 0.4) is 0 Å². The number of nitrogens with one attached hydrogen (secondary N) is 3. The van der Waals surface area contributed by atoms with E-state index in [9.17, 15) is 34.2 Å². The number of unbranched alkanes of at least 4 members (excludes halogenated alkanes) is 3. The number of esters is 2. The van der Waals surface area contributed by atoms with Crippen molar-refractivity contribution < 1.29 is 62.6 Å². The van der Waals surface area contributed by atoms with Crippen LogP contribution >= 0.6 is 11.8 Å². The van der Waals surface area contributed by atoms with Crippen LogP contribution < -0.4 is 16.0 Å². The Morgan fingerprint density at radius 3 is 2.42 bits per heavy atom. The van der Waals surface area contributed by atoms with Gasteiger partial charge in [0.2, 0.25) is 5.91 Å². The van der Waals surface area contributed by atoms with E-state index in [0.717, 1.165) is 25.0 Å². The fourth-order valence-electron chi connectivity index (χ4n) is 12.5. The van der Waals surface area contributed by atoms with Crippen molar-refractivity contribution in [1.29, 1.82) is 0 Å². The van der Waals surface area contributed by atoms with E-state index >= 15 is 0 Å². The number of thioether (sulfide) groups is 1. The number of amides is 3. The third-order valence-electron chi connectivity index (χ3n) is 15.8. The highest BCUT2D eigenvalue weighted by Gasteiger charge is 2.91. The third-order valence-corrected chi connectivity index (χ3v) is 17.3. The number of carbonyl (C=O) groups excluding carboxylic acids is 5. The molecule has 15 atom stereocenters. The number of epoxide rings is 1. The Bertz CT molecular complexity index is 2370. The smallest absolute Gasteiger partial charge is 0.338 e. The van der Waals surface area contributed by atoms with Gasteiger partial charge in [0.25, 0.3) is 0 Å². The monoisotopic (exact) mass is 941 g/mol. The molecule has 5 heterocycles. The van der Waals surface area contributed by atoms with Crippen LogP contribution in [0.2, 0.25) is 0 Å². The molecule has 2 aromatic rings. The quantitative estimate of drug-likeness (QED) is 0.0496. The van der Waals surface area contributed by atoms with Gasteiger partial charge in [0.1, 0.15) is 31.0 Å². The second-order valence-corrected chi connectivity index (χ2v) is 20.9. The van der Waals surface area contributed by atoms with E-state index in [0.29, 0.717) is 54.2 Å². The van der Waals surface area contributed by atoms with Crippen LogP contribution in [0.25, 0.3) is 0 Å². The van der Waals surface area contributed by atoms with Crippen LogP contribution in [-0.4, -0.2) is 123 Å². The SMILES string of the molecule is C=C(C)[C@@]12OC3(c4ccccc4)O[C@@H]1[C@@H]1[C@@H]4O[C@]4(COC(=O)CCCCCNC(=O)CCCC[C@@H]4SC[C@@H]5NC(=O)N[C@@H]54)[C@@H](O)[C@]4(O)C(=O)C(C)=C[C@H]4[C@@]1(O3)[C@H](C)[C@H]2OC(=O)c1ccccc1. The first-order valence-corrected chi connectivity index (χ1v) is 24.7. The predicted octanol–water partition coefficient (Wildman–Crippen LogP) is 4.12. The number of Topliss-reactive ketones (excluding diaryl/α,β-unsaturated/α-hetero) is 1. The fourth-order valence-corrected chi connectivity index (χ4v) is 14.0. The highest BCUT2D eigenvalue weighted by molar-refractivity contribution is 8.00. The normalized spacial score (nSPS) is 40.3. The number of aliphatic hydroxyl groups excluding tert-OH is 1. The molecule has 5 N–H and O–H groups in total. The summed E-state index contributed by atoms with van der Waals surface area (Å²) in [5.74, 6) is -5.96. The Morgan fingerprint density at radius 1 is 0.940 bits per heavy atom. The van der Waals surface area contributed by atoms with Crippen LogP contribution in [0.4, 0.5) is 4.79 Å². The summed E-state index contributed by atoms with van der Waals surface area (Å²) in [5, 5.41) is 34.7. The highest BCUT2D eigenvalue weighted by atomic mass is 32.2. The van der Waals surface area contributed by atoms with Crippen molar-refractivity contribution in [3.05, 3.63) is 95.6 Å². The van der Waals surface area contributed by atoms with Crippen LogP contribution in [0.1, 0.15) is 88.1 Å². The zero-order chi connectivity index (χ0) is 47.1. The summed E-state index contributed by atoms with van der Waals surface area (Å²) in [5.41, 5.74) is -6.10. The maximum Gasteiger partial charge on any atom is 0.338 e. The van der Waals surface area contributed by atoms with Crippen molar-refractivity contribution in [3.8, 4) is 0 Å². The summed E-state index contributed by atoms with van der Waals surface area (Å²) < 4.78 is 40.2. The molecule has 5 saturated heterocycles. The topological polar surface area (TPSA) is 221 Å². The molecule has 0 spiro atoms. The van der Waals surface area contributed by atoms with Gasteiger partial charge >= 0.3 is 23.9 Å². The Kier molecular flexibility index (Phi) is 11.8. The second kappa shape index (κ2) is 17.1. The van der Waals surface area contributed by atoms with E-state index in [1.165, 1.54) is 0 Å². The lowest BCUT2D eigenvalue weighted by molar-refractivity contribution is -0.440. The van der Waals surface area contributed by atoms with Crippen molar-refractivity contribution in [3.63, 3.8) is 0 Å². The van der Waals surface area contributed by atoms with Gasteiger partial charge in [-0.25, -0.2) is 9.59 Å². The summed E-state index contributed by atoms with van der Waals surface area (Å²) in [6, 6.07) is 17.7. The van der Waals surface area contributed by atoms with Crippen LogP contribution in [0.5, 0.6) is 0 Å². The molecule has 3 bridgehead atoms. The van der Waals surface area contributed by atoms with Crippen LogP contribution in [0.15, 0.2) is 84.5 Å². The largest absolute Gasteiger partial charge is 0.462 e. The average molecular weight is 942 g/mol. The summed E-state index contributed by atoms with van der Waals surface area (Å²) in [4.78, 5) is 66.0. The Morgan fingerprint density at radius 2 is 1.67 bits per heavy atom. The van der Waals surface area contributed by atoms with Gasteiger partial charge in [-0.15, -0.1) is 0 Å². The van der Waals surface area contributed by atoms with E-state index in [1.807, 2.05) is 24.8 Å². The number of carbonyl (C=O) groups is 5. The molecule has 8 aliphatic rings. The lowest BCUT2D eigenvalue weighted by Gasteiger charge is -2.61. The number of fused-ring (bicyclic) bond motifs is 4. The molecule has 10 rings (SSSR count). The summed E-state index contributed by atoms with van der Waals surface area (Å²) in [6.45, 7) is 9.52. The molecule has 3 aliphatic carbocycles. The third kappa shape index (κ3) is 7.12. The van der Waals surface area contributed by atoms with Gasteiger partial charge < -0.3 is 54.6 Å². The minimum Gasteiger partial charge on any atom is -0.462 e. The first-order chi connectivity index (χ1) is 32.1. The molecule has 3 amide bonds. The number of ketones is 1. The summed E-state index contributed by atoms with van der Waals surface area (Å²) >= 11 is 1.86. The molecule has 1 unspecified atom stereocenters. The van der Waals surface area contributed by atoms with Crippen molar-refractivity contribution in [2.45, 2.75) is 142 Å². The molecule has 16 nitrogen and oxygen atoms in total. The Labute approximate surface area is 393 Å². The fraction of sp³-hybridized carbons (Fsp3) is 0.580. The van der Waals surface area contributed by atoms with E-state index in [4.69, 9.17) is 28.4 Å². The van der Waals surface area contributed by atoms with Gasteiger partial charge in [0, 0.05) is 53.7 Å². The van der Waals surface area contributed by atoms with Gasteiger partial charge in [-0.05, 0) is 62.8 Å². The molecule has 358 valence electrons. The van der Waals surface area contributed by atoms with Crippen molar-refractivity contribution in [1.82, 2.24) is 16.0 Å². The number of rotatable bonds is 17. The van der Waals surface area contributed by atoms with Gasteiger partial charge in [0.05, 0.1) is 23.2 Å². The minimum absolute atomic E-state index is 0.0200. The lowest BCUT2D eigenvalue weighted by atomic mass is 9.53. The zero-order valence-electron chi connectivity index (χ0n) is 37.9. The lowest BCUT2D eigenvalue weighted by Crippen LogP contribution is -2.76. The molecule has 7 fully saturated rings. The van der Waals surface area contributed by atoms with Crippen molar-refractivity contribution in [2.75, 3.05) is 18.9 Å².